The molecule has 1 aliphatic rings. The Morgan fingerprint density at radius 1 is 1.04 bits per heavy atom. The number of amides is 2. The fourth-order valence-electron chi connectivity index (χ4n) is 2.86. The van der Waals surface area contributed by atoms with E-state index >= 15 is 0 Å². The minimum Gasteiger partial charge on any atom is -0.371 e. The smallest absolute Gasteiger partial charge is 0.253 e. The van der Waals surface area contributed by atoms with E-state index in [0.717, 1.165) is 24.5 Å². The SMILES string of the molecule is O=C(CNC(=O)c1ccccc1Cl)Nc1cccc(N2CCCC2)c1. The lowest BCUT2D eigenvalue weighted by Gasteiger charge is -2.18. The van der Waals surface area contributed by atoms with Gasteiger partial charge in [0.15, 0.2) is 0 Å². The van der Waals surface area contributed by atoms with Crippen LogP contribution in [0.2, 0.25) is 5.02 Å². The fourth-order valence-corrected chi connectivity index (χ4v) is 3.08. The van der Waals surface area contributed by atoms with Crippen molar-refractivity contribution in [1.29, 1.82) is 0 Å². The molecular weight excluding hydrogens is 338 g/mol. The van der Waals surface area contributed by atoms with Crippen LogP contribution in [0.3, 0.4) is 0 Å². The molecule has 0 bridgehead atoms. The number of hydrogen-bond donors (Lipinski definition) is 2. The molecule has 1 fully saturated rings. The molecule has 130 valence electrons. The van der Waals surface area contributed by atoms with Gasteiger partial charge in [-0.3, -0.25) is 9.59 Å². The molecule has 0 aromatic heterocycles. The lowest BCUT2D eigenvalue weighted by atomic mass is 10.2. The number of benzene rings is 2. The molecule has 0 spiro atoms. The van der Waals surface area contributed by atoms with E-state index in [-0.39, 0.29) is 18.4 Å². The van der Waals surface area contributed by atoms with Crippen LogP contribution in [0, 0.1) is 0 Å². The first-order valence-electron chi connectivity index (χ1n) is 8.31. The van der Waals surface area contributed by atoms with Crippen molar-refractivity contribution in [1.82, 2.24) is 5.32 Å². The summed E-state index contributed by atoms with van der Waals surface area (Å²) < 4.78 is 0. The van der Waals surface area contributed by atoms with E-state index in [2.05, 4.69) is 15.5 Å². The maximum atomic E-state index is 12.1. The molecule has 1 heterocycles. The van der Waals surface area contributed by atoms with E-state index in [1.807, 2.05) is 24.3 Å². The molecule has 2 amide bonds. The first-order valence-corrected chi connectivity index (χ1v) is 8.69. The second kappa shape index (κ2) is 8.03. The summed E-state index contributed by atoms with van der Waals surface area (Å²) in [5.74, 6) is -0.648. The van der Waals surface area contributed by atoms with Gasteiger partial charge in [-0.2, -0.15) is 0 Å². The molecule has 1 aliphatic heterocycles. The Morgan fingerprint density at radius 2 is 1.80 bits per heavy atom. The second-order valence-corrected chi connectivity index (χ2v) is 6.36. The Balaban J connectivity index is 1.55. The van der Waals surface area contributed by atoms with Crippen LogP contribution in [0.1, 0.15) is 23.2 Å². The standard InChI is InChI=1S/C19H20ClN3O2/c20-17-9-2-1-8-16(17)19(25)21-13-18(24)22-14-6-5-7-15(12-14)23-10-3-4-11-23/h1-2,5-9,12H,3-4,10-11,13H2,(H,21,25)(H,22,24). The van der Waals surface area contributed by atoms with E-state index in [4.69, 9.17) is 11.6 Å². The van der Waals surface area contributed by atoms with Gasteiger partial charge in [0.2, 0.25) is 5.91 Å². The Kier molecular flexibility index (Phi) is 5.56. The minimum absolute atomic E-state index is 0.113. The van der Waals surface area contributed by atoms with Gasteiger partial charge in [0.1, 0.15) is 0 Å². The molecule has 6 heteroatoms. The summed E-state index contributed by atoms with van der Waals surface area (Å²) in [4.78, 5) is 26.5. The zero-order valence-corrected chi connectivity index (χ0v) is 14.6. The highest BCUT2D eigenvalue weighted by Crippen LogP contribution is 2.23. The molecule has 0 radical (unpaired) electrons. The zero-order chi connectivity index (χ0) is 17.6. The number of carbonyl (C=O) groups is 2. The summed E-state index contributed by atoms with van der Waals surface area (Å²) in [6.07, 6.45) is 2.40. The average Bonchev–Trinajstić information content (AvgIpc) is 3.15. The average molecular weight is 358 g/mol. The van der Waals surface area contributed by atoms with E-state index in [0.29, 0.717) is 10.6 Å². The molecule has 25 heavy (non-hydrogen) atoms. The number of halogens is 1. The number of nitrogens with zero attached hydrogens (tertiary/aromatic N) is 1. The van der Waals surface area contributed by atoms with Crippen molar-refractivity contribution in [2.45, 2.75) is 12.8 Å². The molecule has 2 aromatic rings. The summed E-state index contributed by atoms with van der Waals surface area (Å²) >= 11 is 5.98. The summed E-state index contributed by atoms with van der Waals surface area (Å²) in [6.45, 7) is 1.98. The second-order valence-electron chi connectivity index (χ2n) is 5.96. The maximum absolute atomic E-state index is 12.1. The lowest BCUT2D eigenvalue weighted by molar-refractivity contribution is -0.115. The third-order valence-electron chi connectivity index (χ3n) is 4.13. The molecule has 2 aromatic carbocycles. The minimum atomic E-state index is -0.369. The molecule has 2 N–H and O–H groups in total. The van der Waals surface area contributed by atoms with Crippen molar-refractivity contribution >= 4 is 34.8 Å². The van der Waals surface area contributed by atoms with Crippen LogP contribution in [-0.4, -0.2) is 31.4 Å². The Morgan fingerprint density at radius 3 is 2.56 bits per heavy atom. The molecule has 5 nitrogen and oxygen atoms in total. The normalized spacial score (nSPS) is 13.6. The van der Waals surface area contributed by atoms with Crippen LogP contribution < -0.4 is 15.5 Å². The van der Waals surface area contributed by atoms with Crippen molar-refractivity contribution in [2.24, 2.45) is 0 Å². The van der Waals surface area contributed by atoms with Gasteiger partial charge < -0.3 is 15.5 Å². The molecule has 0 saturated carbocycles. The number of anilines is 2. The monoisotopic (exact) mass is 357 g/mol. The molecular formula is C19H20ClN3O2. The van der Waals surface area contributed by atoms with Gasteiger partial charge in [0.25, 0.3) is 5.91 Å². The van der Waals surface area contributed by atoms with E-state index in [9.17, 15) is 9.59 Å². The summed E-state index contributed by atoms with van der Waals surface area (Å²) in [6, 6.07) is 14.5. The highest BCUT2D eigenvalue weighted by molar-refractivity contribution is 6.33. The van der Waals surface area contributed by atoms with E-state index < -0.39 is 0 Å². The molecule has 3 rings (SSSR count). The third-order valence-corrected chi connectivity index (χ3v) is 4.46. The number of carbonyl (C=O) groups excluding carboxylic acids is 2. The predicted octanol–water partition coefficient (Wildman–Crippen LogP) is 3.31. The van der Waals surface area contributed by atoms with E-state index in [1.54, 1.807) is 24.3 Å². The molecule has 0 unspecified atom stereocenters. The predicted molar refractivity (Wildman–Crippen MR) is 100 cm³/mol. The molecule has 0 aliphatic carbocycles. The van der Waals surface area contributed by atoms with Gasteiger partial charge in [-0.25, -0.2) is 0 Å². The van der Waals surface area contributed by atoms with Crippen molar-refractivity contribution in [2.75, 3.05) is 29.9 Å². The quantitative estimate of drug-likeness (QED) is 0.863. The Bertz CT molecular complexity index is 773. The number of rotatable bonds is 5. The third kappa shape index (κ3) is 4.51. The maximum Gasteiger partial charge on any atom is 0.253 e. The summed E-state index contributed by atoms with van der Waals surface area (Å²) in [5.41, 5.74) is 2.18. The molecule has 0 atom stereocenters. The highest BCUT2D eigenvalue weighted by Gasteiger charge is 2.14. The van der Waals surface area contributed by atoms with Gasteiger partial charge >= 0.3 is 0 Å². The first kappa shape index (κ1) is 17.3. The van der Waals surface area contributed by atoms with Gasteiger partial charge in [0, 0.05) is 24.5 Å². The lowest BCUT2D eigenvalue weighted by Crippen LogP contribution is -2.33. The Labute approximate surface area is 152 Å². The number of nitrogens with one attached hydrogen (secondary N) is 2. The van der Waals surface area contributed by atoms with Crippen molar-refractivity contribution < 1.29 is 9.59 Å². The Hall–Kier alpha value is -2.53. The summed E-state index contributed by atoms with van der Waals surface area (Å²) in [7, 11) is 0. The van der Waals surface area contributed by atoms with E-state index in [1.165, 1.54) is 12.8 Å². The van der Waals surface area contributed by atoms with Crippen LogP contribution >= 0.6 is 11.6 Å². The van der Waals surface area contributed by atoms with Crippen LogP contribution in [-0.2, 0) is 4.79 Å². The van der Waals surface area contributed by atoms with Gasteiger partial charge in [-0.15, -0.1) is 0 Å². The first-order chi connectivity index (χ1) is 12.1. The largest absolute Gasteiger partial charge is 0.371 e. The van der Waals surface area contributed by atoms with Crippen molar-refractivity contribution in [3.05, 3.63) is 59.1 Å². The van der Waals surface area contributed by atoms with Gasteiger partial charge in [0.05, 0.1) is 17.1 Å². The molecule has 1 saturated heterocycles. The topological polar surface area (TPSA) is 61.4 Å². The van der Waals surface area contributed by atoms with Crippen LogP contribution in [0.4, 0.5) is 11.4 Å². The van der Waals surface area contributed by atoms with Crippen LogP contribution in [0.15, 0.2) is 48.5 Å². The van der Waals surface area contributed by atoms with Gasteiger partial charge in [-0.05, 0) is 43.2 Å². The van der Waals surface area contributed by atoms with Crippen molar-refractivity contribution in [3.63, 3.8) is 0 Å². The fraction of sp³-hybridized carbons (Fsp3) is 0.263. The number of hydrogen-bond acceptors (Lipinski definition) is 3. The zero-order valence-electron chi connectivity index (χ0n) is 13.8. The van der Waals surface area contributed by atoms with Crippen LogP contribution in [0.25, 0.3) is 0 Å². The van der Waals surface area contributed by atoms with Crippen LogP contribution in [0.5, 0.6) is 0 Å². The van der Waals surface area contributed by atoms with Crippen molar-refractivity contribution in [3.8, 4) is 0 Å². The summed E-state index contributed by atoms with van der Waals surface area (Å²) in [5, 5.41) is 5.76. The van der Waals surface area contributed by atoms with Gasteiger partial charge in [-0.1, -0.05) is 29.8 Å². The highest BCUT2D eigenvalue weighted by atomic mass is 35.5.